The molecular weight excluding hydrogens is 225 g/mol. The second-order valence-corrected chi connectivity index (χ2v) is 3.97. The molecule has 0 heterocycles. The smallest absolute Gasteiger partial charge is 0.308 e. The summed E-state index contributed by atoms with van der Waals surface area (Å²) >= 11 is 0. The van der Waals surface area contributed by atoms with Gasteiger partial charge in [0.05, 0.1) is 5.92 Å². The molecule has 0 spiro atoms. The highest BCUT2D eigenvalue weighted by molar-refractivity contribution is 5.94. The number of carboxylic acid groups (broad SMARTS) is 1. The standard InChI is InChI=1S/C12H14FNO3/c1-7-3-9(5-10(13)4-7)11(15)14-6-8(2)12(16)17/h3-5,8H,6H2,1-2H3,(H,14,15)(H,16,17). The molecule has 1 unspecified atom stereocenters. The van der Waals surface area contributed by atoms with E-state index >= 15 is 0 Å². The SMILES string of the molecule is Cc1cc(F)cc(C(=O)NCC(C)C(=O)O)c1. The molecule has 0 radical (unpaired) electrons. The Morgan fingerprint density at radius 1 is 1.41 bits per heavy atom. The van der Waals surface area contributed by atoms with Crippen molar-refractivity contribution in [3.05, 3.63) is 35.1 Å². The Morgan fingerprint density at radius 2 is 2.06 bits per heavy atom. The minimum Gasteiger partial charge on any atom is -0.481 e. The van der Waals surface area contributed by atoms with Gasteiger partial charge in [-0.2, -0.15) is 0 Å². The highest BCUT2D eigenvalue weighted by Gasteiger charge is 2.13. The Morgan fingerprint density at radius 3 is 2.59 bits per heavy atom. The van der Waals surface area contributed by atoms with E-state index in [0.717, 1.165) is 6.07 Å². The fourth-order valence-corrected chi connectivity index (χ4v) is 1.30. The number of carbonyl (C=O) groups is 2. The number of carbonyl (C=O) groups excluding carboxylic acids is 1. The molecule has 0 aliphatic heterocycles. The van der Waals surface area contributed by atoms with Crippen LogP contribution >= 0.6 is 0 Å². The van der Waals surface area contributed by atoms with E-state index in [1.165, 1.54) is 13.0 Å². The second-order valence-electron chi connectivity index (χ2n) is 3.97. The first-order valence-electron chi connectivity index (χ1n) is 5.18. The third-order valence-corrected chi connectivity index (χ3v) is 2.29. The zero-order chi connectivity index (χ0) is 13.0. The number of benzene rings is 1. The van der Waals surface area contributed by atoms with E-state index < -0.39 is 23.6 Å². The lowest BCUT2D eigenvalue weighted by molar-refractivity contribution is -0.140. The van der Waals surface area contributed by atoms with Crippen LogP contribution in [0.5, 0.6) is 0 Å². The van der Waals surface area contributed by atoms with Gasteiger partial charge in [0.2, 0.25) is 0 Å². The number of hydrogen-bond acceptors (Lipinski definition) is 2. The van der Waals surface area contributed by atoms with Crippen molar-refractivity contribution < 1.29 is 19.1 Å². The fraction of sp³-hybridized carbons (Fsp3) is 0.333. The Bertz CT molecular complexity index is 425. The van der Waals surface area contributed by atoms with Crippen LogP contribution in [0.1, 0.15) is 22.8 Å². The van der Waals surface area contributed by atoms with Gasteiger partial charge in [-0.05, 0) is 30.7 Å². The predicted octanol–water partition coefficient (Wildman–Crippen LogP) is 1.58. The lowest BCUT2D eigenvalue weighted by atomic mass is 10.1. The molecule has 0 fully saturated rings. The predicted molar refractivity (Wildman–Crippen MR) is 60.3 cm³/mol. The van der Waals surface area contributed by atoms with E-state index in [2.05, 4.69) is 5.32 Å². The Hall–Kier alpha value is -1.91. The second kappa shape index (κ2) is 5.43. The van der Waals surface area contributed by atoms with Crippen molar-refractivity contribution in [2.24, 2.45) is 5.92 Å². The maximum Gasteiger partial charge on any atom is 0.308 e. The number of halogens is 1. The van der Waals surface area contributed by atoms with Crippen LogP contribution in [0.25, 0.3) is 0 Å². The van der Waals surface area contributed by atoms with Crippen molar-refractivity contribution in [1.29, 1.82) is 0 Å². The molecular formula is C12H14FNO3. The fourth-order valence-electron chi connectivity index (χ4n) is 1.30. The van der Waals surface area contributed by atoms with Crippen LogP contribution in [0.2, 0.25) is 0 Å². The molecule has 0 aromatic heterocycles. The summed E-state index contributed by atoms with van der Waals surface area (Å²) in [5.74, 6) is -2.61. The molecule has 5 heteroatoms. The van der Waals surface area contributed by atoms with E-state index in [0.29, 0.717) is 5.56 Å². The van der Waals surface area contributed by atoms with E-state index in [-0.39, 0.29) is 12.1 Å². The molecule has 0 bridgehead atoms. The van der Waals surface area contributed by atoms with Gasteiger partial charge in [0.15, 0.2) is 0 Å². The summed E-state index contributed by atoms with van der Waals surface area (Å²) in [7, 11) is 0. The highest BCUT2D eigenvalue weighted by Crippen LogP contribution is 2.08. The molecule has 0 saturated carbocycles. The number of hydrogen-bond donors (Lipinski definition) is 2. The third-order valence-electron chi connectivity index (χ3n) is 2.29. The van der Waals surface area contributed by atoms with Crippen LogP contribution < -0.4 is 5.32 Å². The number of nitrogens with one attached hydrogen (secondary N) is 1. The molecule has 0 aliphatic rings. The van der Waals surface area contributed by atoms with Crippen molar-refractivity contribution in [2.45, 2.75) is 13.8 Å². The van der Waals surface area contributed by atoms with E-state index in [9.17, 15) is 14.0 Å². The minimum absolute atomic E-state index is 0.0176. The lowest BCUT2D eigenvalue weighted by Crippen LogP contribution is -2.31. The topological polar surface area (TPSA) is 66.4 Å². The maximum absolute atomic E-state index is 13.0. The van der Waals surface area contributed by atoms with E-state index in [1.807, 2.05) is 0 Å². The van der Waals surface area contributed by atoms with Crippen LogP contribution in [-0.4, -0.2) is 23.5 Å². The van der Waals surface area contributed by atoms with Crippen LogP contribution in [0.4, 0.5) is 4.39 Å². The monoisotopic (exact) mass is 239 g/mol. The van der Waals surface area contributed by atoms with Crippen LogP contribution in [0.3, 0.4) is 0 Å². The third kappa shape index (κ3) is 3.86. The number of rotatable bonds is 4. The number of aryl methyl sites for hydroxylation is 1. The Balaban J connectivity index is 2.67. The van der Waals surface area contributed by atoms with Crippen molar-refractivity contribution in [1.82, 2.24) is 5.32 Å². The Labute approximate surface area is 98.5 Å². The summed E-state index contributed by atoms with van der Waals surface area (Å²) in [6.07, 6.45) is 0. The summed E-state index contributed by atoms with van der Waals surface area (Å²) in [6, 6.07) is 3.98. The largest absolute Gasteiger partial charge is 0.481 e. The van der Waals surface area contributed by atoms with Gasteiger partial charge in [0, 0.05) is 12.1 Å². The summed E-state index contributed by atoms with van der Waals surface area (Å²) in [5.41, 5.74) is 0.835. The summed E-state index contributed by atoms with van der Waals surface area (Å²) in [6.45, 7) is 3.18. The van der Waals surface area contributed by atoms with Crippen molar-refractivity contribution in [3.63, 3.8) is 0 Å². The Kier molecular flexibility index (Phi) is 4.20. The normalized spacial score (nSPS) is 11.9. The first-order valence-corrected chi connectivity index (χ1v) is 5.18. The lowest BCUT2D eigenvalue weighted by Gasteiger charge is -2.08. The average Bonchev–Trinajstić information content (AvgIpc) is 2.23. The molecule has 92 valence electrons. The molecule has 2 N–H and O–H groups in total. The number of carboxylic acids is 1. The molecule has 1 rings (SSSR count). The van der Waals surface area contributed by atoms with Gasteiger partial charge in [0.25, 0.3) is 5.91 Å². The van der Waals surface area contributed by atoms with Gasteiger partial charge in [0.1, 0.15) is 5.82 Å². The molecule has 1 aromatic carbocycles. The van der Waals surface area contributed by atoms with Crippen LogP contribution in [0, 0.1) is 18.7 Å². The number of aliphatic carboxylic acids is 1. The van der Waals surface area contributed by atoms with Gasteiger partial charge < -0.3 is 10.4 Å². The van der Waals surface area contributed by atoms with Crippen LogP contribution in [0.15, 0.2) is 18.2 Å². The van der Waals surface area contributed by atoms with Gasteiger partial charge in [-0.3, -0.25) is 9.59 Å². The van der Waals surface area contributed by atoms with Gasteiger partial charge in [-0.15, -0.1) is 0 Å². The highest BCUT2D eigenvalue weighted by atomic mass is 19.1. The van der Waals surface area contributed by atoms with Gasteiger partial charge in [-0.1, -0.05) is 6.92 Å². The molecule has 1 aromatic rings. The van der Waals surface area contributed by atoms with Crippen LogP contribution in [-0.2, 0) is 4.79 Å². The molecule has 4 nitrogen and oxygen atoms in total. The number of amides is 1. The summed E-state index contributed by atoms with van der Waals surface area (Å²) in [5, 5.41) is 11.1. The van der Waals surface area contributed by atoms with Crippen molar-refractivity contribution >= 4 is 11.9 Å². The maximum atomic E-state index is 13.0. The zero-order valence-corrected chi connectivity index (χ0v) is 9.66. The van der Waals surface area contributed by atoms with Crippen molar-refractivity contribution in [2.75, 3.05) is 6.54 Å². The quantitative estimate of drug-likeness (QED) is 0.838. The molecule has 1 atom stereocenters. The molecule has 17 heavy (non-hydrogen) atoms. The molecule has 0 aliphatic carbocycles. The summed E-state index contributed by atoms with van der Waals surface area (Å²) in [4.78, 5) is 22.2. The van der Waals surface area contributed by atoms with E-state index in [1.54, 1.807) is 13.0 Å². The zero-order valence-electron chi connectivity index (χ0n) is 9.66. The minimum atomic E-state index is -0.985. The van der Waals surface area contributed by atoms with Crippen molar-refractivity contribution in [3.8, 4) is 0 Å². The first-order chi connectivity index (χ1) is 7.90. The molecule has 0 saturated heterocycles. The van der Waals surface area contributed by atoms with Gasteiger partial charge in [-0.25, -0.2) is 4.39 Å². The van der Waals surface area contributed by atoms with E-state index in [4.69, 9.17) is 5.11 Å². The van der Waals surface area contributed by atoms with Gasteiger partial charge >= 0.3 is 5.97 Å². The average molecular weight is 239 g/mol. The molecule has 1 amide bonds. The first kappa shape index (κ1) is 13.2. The summed E-state index contributed by atoms with van der Waals surface area (Å²) < 4.78 is 13.0.